The summed E-state index contributed by atoms with van der Waals surface area (Å²) in [5, 5.41) is 0. The molecular formula is C18H34O3. The summed E-state index contributed by atoms with van der Waals surface area (Å²) in [7, 11) is 1.72. The zero-order chi connectivity index (χ0) is 16.3. The van der Waals surface area contributed by atoms with Crippen LogP contribution in [0.4, 0.5) is 0 Å². The Morgan fingerprint density at radius 3 is 2.24 bits per heavy atom. The van der Waals surface area contributed by atoms with E-state index in [-0.39, 0.29) is 17.5 Å². The minimum absolute atomic E-state index is 0.219. The fraction of sp³-hybridized carbons (Fsp3) is 0.833. The number of methoxy groups -OCH3 is 1. The van der Waals surface area contributed by atoms with E-state index in [2.05, 4.69) is 27.4 Å². The maximum absolute atomic E-state index is 11.5. The van der Waals surface area contributed by atoms with Gasteiger partial charge in [0.1, 0.15) is 0 Å². The van der Waals surface area contributed by atoms with Crippen molar-refractivity contribution in [3.63, 3.8) is 0 Å². The van der Waals surface area contributed by atoms with Crippen LogP contribution in [0.3, 0.4) is 0 Å². The number of esters is 1. The van der Waals surface area contributed by atoms with Gasteiger partial charge in [-0.15, -0.1) is 0 Å². The first-order chi connectivity index (χ1) is 9.85. The summed E-state index contributed by atoms with van der Waals surface area (Å²) in [6.45, 7) is 12.0. The van der Waals surface area contributed by atoms with Crippen LogP contribution in [0.25, 0.3) is 0 Å². The highest BCUT2D eigenvalue weighted by molar-refractivity contribution is 5.86. The normalized spacial score (nSPS) is 13.0. The maximum Gasteiger partial charge on any atom is 0.333 e. The zero-order valence-electron chi connectivity index (χ0n) is 14.7. The topological polar surface area (TPSA) is 35.5 Å². The summed E-state index contributed by atoms with van der Waals surface area (Å²) in [4.78, 5) is 11.5. The Hall–Kier alpha value is -0.830. The third-order valence-corrected chi connectivity index (χ3v) is 4.18. The molecule has 21 heavy (non-hydrogen) atoms. The monoisotopic (exact) mass is 298 g/mol. The van der Waals surface area contributed by atoms with Crippen molar-refractivity contribution in [1.29, 1.82) is 0 Å². The Balaban J connectivity index is 4.22. The minimum atomic E-state index is -0.310. The number of hydrogen-bond donors (Lipinski definition) is 0. The number of unbranched alkanes of at least 4 members (excludes halogenated alkanes) is 5. The van der Waals surface area contributed by atoms with E-state index in [0.717, 1.165) is 12.8 Å². The third kappa shape index (κ3) is 8.92. The Labute approximate surface area is 131 Å². The second-order valence-electron chi connectivity index (χ2n) is 6.44. The van der Waals surface area contributed by atoms with Crippen molar-refractivity contribution in [1.82, 2.24) is 0 Å². The lowest BCUT2D eigenvalue weighted by atomic mass is 9.86. The van der Waals surface area contributed by atoms with Gasteiger partial charge in [-0.2, -0.15) is 0 Å². The molecule has 0 heterocycles. The first-order valence-corrected chi connectivity index (χ1v) is 8.23. The summed E-state index contributed by atoms with van der Waals surface area (Å²) in [5.41, 5.74) is 0.169. The number of hydrogen-bond acceptors (Lipinski definition) is 3. The number of rotatable bonds is 12. The average molecular weight is 298 g/mol. The van der Waals surface area contributed by atoms with E-state index in [1.165, 1.54) is 32.1 Å². The standard InChI is InChI=1S/C18H34O3/c1-7-8-9-10-11-12-13-16(18(4,5)20-6)14-21-17(19)15(2)3/h16H,2,7-14H2,1,3-6H3. The molecule has 0 rings (SSSR count). The molecule has 0 amide bonds. The van der Waals surface area contributed by atoms with Gasteiger partial charge < -0.3 is 9.47 Å². The van der Waals surface area contributed by atoms with Gasteiger partial charge in [-0.05, 0) is 27.2 Å². The minimum Gasteiger partial charge on any atom is -0.462 e. The molecule has 0 bridgehead atoms. The van der Waals surface area contributed by atoms with Crippen LogP contribution in [0, 0.1) is 5.92 Å². The van der Waals surface area contributed by atoms with Gasteiger partial charge in [0, 0.05) is 18.6 Å². The fourth-order valence-electron chi connectivity index (χ4n) is 2.27. The molecule has 3 heteroatoms. The lowest BCUT2D eigenvalue weighted by Gasteiger charge is -2.33. The molecule has 0 spiro atoms. The first-order valence-electron chi connectivity index (χ1n) is 8.23. The second-order valence-corrected chi connectivity index (χ2v) is 6.44. The van der Waals surface area contributed by atoms with Gasteiger partial charge in [0.05, 0.1) is 12.2 Å². The molecule has 124 valence electrons. The summed E-state index contributed by atoms with van der Waals surface area (Å²) < 4.78 is 10.9. The fourth-order valence-corrected chi connectivity index (χ4v) is 2.27. The molecule has 0 radical (unpaired) electrons. The van der Waals surface area contributed by atoms with Gasteiger partial charge in [0.15, 0.2) is 0 Å². The molecule has 0 aromatic carbocycles. The Kier molecular flexibility index (Phi) is 10.4. The lowest BCUT2D eigenvalue weighted by Crippen LogP contribution is -2.37. The summed E-state index contributed by atoms with van der Waals surface area (Å²) in [6, 6.07) is 0. The molecule has 0 N–H and O–H groups in total. The first kappa shape index (κ1) is 20.2. The SMILES string of the molecule is C=C(C)C(=O)OCC(CCCCCCCC)C(C)(C)OC. The highest BCUT2D eigenvalue weighted by atomic mass is 16.5. The molecule has 0 aromatic rings. The van der Waals surface area contributed by atoms with Gasteiger partial charge in [-0.1, -0.05) is 52.0 Å². The van der Waals surface area contributed by atoms with E-state index in [1.54, 1.807) is 14.0 Å². The molecule has 0 saturated carbocycles. The van der Waals surface area contributed by atoms with Crippen LogP contribution in [0.15, 0.2) is 12.2 Å². The van der Waals surface area contributed by atoms with Crippen LogP contribution >= 0.6 is 0 Å². The van der Waals surface area contributed by atoms with Crippen molar-refractivity contribution < 1.29 is 14.3 Å². The number of carbonyl (C=O) groups excluding carboxylic acids is 1. The van der Waals surface area contributed by atoms with Crippen molar-refractivity contribution in [2.45, 2.75) is 78.2 Å². The summed E-state index contributed by atoms with van der Waals surface area (Å²) in [5.74, 6) is -0.0909. The predicted molar refractivity (Wildman–Crippen MR) is 88.3 cm³/mol. The molecule has 0 aliphatic carbocycles. The Morgan fingerprint density at radius 1 is 1.14 bits per heavy atom. The van der Waals surface area contributed by atoms with Crippen LogP contribution < -0.4 is 0 Å². The van der Waals surface area contributed by atoms with E-state index in [4.69, 9.17) is 9.47 Å². The van der Waals surface area contributed by atoms with Crippen LogP contribution in [0.1, 0.15) is 72.6 Å². The van der Waals surface area contributed by atoms with Crippen molar-refractivity contribution in [2.75, 3.05) is 13.7 Å². The maximum atomic E-state index is 11.5. The molecule has 0 saturated heterocycles. The van der Waals surface area contributed by atoms with Crippen LogP contribution in [-0.4, -0.2) is 25.3 Å². The van der Waals surface area contributed by atoms with Gasteiger partial charge in [-0.3, -0.25) is 0 Å². The van der Waals surface area contributed by atoms with Gasteiger partial charge in [0.25, 0.3) is 0 Å². The van der Waals surface area contributed by atoms with Gasteiger partial charge in [0.2, 0.25) is 0 Å². The Bertz CT molecular complexity index is 308. The van der Waals surface area contributed by atoms with E-state index in [0.29, 0.717) is 12.2 Å². The largest absolute Gasteiger partial charge is 0.462 e. The van der Waals surface area contributed by atoms with Crippen molar-refractivity contribution >= 4 is 5.97 Å². The molecule has 3 nitrogen and oxygen atoms in total. The number of carbonyl (C=O) groups is 1. The van der Waals surface area contributed by atoms with Crippen LogP contribution in [0.5, 0.6) is 0 Å². The van der Waals surface area contributed by atoms with Crippen molar-refractivity contribution in [3.8, 4) is 0 Å². The smallest absolute Gasteiger partial charge is 0.333 e. The summed E-state index contributed by atoms with van der Waals surface area (Å²) >= 11 is 0. The van der Waals surface area contributed by atoms with E-state index >= 15 is 0 Å². The lowest BCUT2D eigenvalue weighted by molar-refractivity contribution is -0.144. The van der Waals surface area contributed by atoms with Crippen molar-refractivity contribution in [3.05, 3.63) is 12.2 Å². The van der Waals surface area contributed by atoms with E-state index in [9.17, 15) is 4.79 Å². The molecule has 0 aliphatic rings. The average Bonchev–Trinajstić information content (AvgIpc) is 2.44. The molecule has 0 fully saturated rings. The molecule has 1 unspecified atom stereocenters. The second kappa shape index (κ2) is 10.8. The van der Waals surface area contributed by atoms with E-state index < -0.39 is 0 Å². The predicted octanol–water partition coefficient (Wildman–Crippen LogP) is 4.90. The molecule has 0 aromatic heterocycles. The molecule has 0 aliphatic heterocycles. The summed E-state index contributed by atoms with van der Waals surface area (Å²) in [6.07, 6.45) is 8.63. The van der Waals surface area contributed by atoms with Crippen molar-refractivity contribution in [2.24, 2.45) is 5.92 Å². The van der Waals surface area contributed by atoms with Crippen LogP contribution in [0.2, 0.25) is 0 Å². The van der Waals surface area contributed by atoms with Crippen LogP contribution in [-0.2, 0) is 14.3 Å². The highest BCUT2D eigenvalue weighted by Gasteiger charge is 2.30. The van der Waals surface area contributed by atoms with E-state index in [1.807, 2.05) is 0 Å². The Morgan fingerprint density at radius 2 is 1.71 bits per heavy atom. The number of ether oxygens (including phenoxy) is 2. The molecule has 1 atom stereocenters. The van der Waals surface area contributed by atoms with Gasteiger partial charge >= 0.3 is 5.97 Å². The zero-order valence-corrected chi connectivity index (χ0v) is 14.7. The molecular weight excluding hydrogens is 264 g/mol. The third-order valence-electron chi connectivity index (χ3n) is 4.18. The quantitative estimate of drug-likeness (QED) is 0.292. The van der Waals surface area contributed by atoms with Gasteiger partial charge in [-0.25, -0.2) is 4.79 Å². The highest BCUT2D eigenvalue weighted by Crippen LogP contribution is 2.27.